The number of urea groups is 1. The van der Waals surface area contributed by atoms with Crippen LogP contribution >= 0.6 is 11.3 Å². The molecule has 0 radical (unpaired) electrons. The zero-order chi connectivity index (χ0) is 15.2. The van der Waals surface area contributed by atoms with Gasteiger partial charge in [0.2, 0.25) is 0 Å². The van der Waals surface area contributed by atoms with E-state index in [1.807, 2.05) is 44.2 Å². The van der Waals surface area contributed by atoms with Crippen LogP contribution in [0.25, 0.3) is 0 Å². The van der Waals surface area contributed by atoms with Crippen LogP contribution < -0.4 is 10.6 Å². The number of benzene rings is 1. The van der Waals surface area contributed by atoms with Crippen LogP contribution in [0.5, 0.6) is 0 Å². The topological polar surface area (TPSA) is 74.2 Å². The van der Waals surface area contributed by atoms with Crippen LogP contribution in [-0.2, 0) is 6.54 Å². The SMILES string of the molecule is Cc1nc(CNC(=O)N[C@H](CO)c2ccccc2)c(C)s1. The highest BCUT2D eigenvalue weighted by molar-refractivity contribution is 7.11. The number of rotatable bonds is 5. The van der Waals surface area contributed by atoms with Gasteiger partial charge in [-0.15, -0.1) is 11.3 Å². The second kappa shape index (κ2) is 7.19. The minimum atomic E-state index is -0.413. The molecular weight excluding hydrogens is 286 g/mol. The van der Waals surface area contributed by atoms with Gasteiger partial charge in [-0.25, -0.2) is 9.78 Å². The Morgan fingerprint density at radius 2 is 2.05 bits per heavy atom. The maximum Gasteiger partial charge on any atom is 0.315 e. The van der Waals surface area contributed by atoms with Crippen molar-refractivity contribution in [1.82, 2.24) is 15.6 Å². The van der Waals surface area contributed by atoms with Gasteiger partial charge in [-0.1, -0.05) is 30.3 Å². The summed E-state index contributed by atoms with van der Waals surface area (Å²) in [6.45, 7) is 4.17. The minimum absolute atomic E-state index is 0.147. The second-order valence-electron chi connectivity index (χ2n) is 4.71. The van der Waals surface area contributed by atoms with E-state index in [0.717, 1.165) is 21.1 Å². The maximum absolute atomic E-state index is 11.9. The summed E-state index contributed by atoms with van der Waals surface area (Å²) in [5.41, 5.74) is 1.75. The van der Waals surface area contributed by atoms with Crippen molar-refractivity contribution in [3.8, 4) is 0 Å². The van der Waals surface area contributed by atoms with Crippen LogP contribution in [0.4, 0.5) is 4.79 Å². The second-order valence-corrected chi connectivity index (χ2v) is 6.12. The molecule has 0 aliphatic rings. The zero-order valence-electron chi connectivity index (χ0n) is 12.1. The number of aliphatic hydroxyl groups is 1. The van der Waals surface area contributed by atoms with Crippen molar-refractivity contribution >= 4 is 17.4 Å². The molecular formula is C15H19N3O2S. The molecule has 0 saturated carbocycles. The lowest BCUT2D eigenvalue weighted by Gasteiger charge is -2.17. The number of aromatic nitrogens is 1. The fraction of sp³-hybridized carbons (Fsp3) is 0.333. The first-order chi connectivity index (χ1) is 10.1. The number of hydrogen-bond donors (Lipinski definition) is 3. The van der Waals surface area contributed by atoms with E-state index in [0.29, 0.717) is 6.54 Å². The van der Waals surface area contributed by atoms with Gasteiger partial charge in [-0.3, -0.25) is 0 Å². The van der Waals surface area contributed by atoms with Crippen molar-refractivity contribution in [3.05, 3.63) is 51.5 Å². The zero-order valence-corrected chi connectivity index (χ0v) is 12.9. The molecule has 2 amide bonds. The molecule has 1 heterocycles. The molecule has 2 aromatic rings. The van der Waals surface area contributed by atoms with Gasteiger partial charge in [0.15, 0.2) is 0 Å². The highest BCUT2D eigenvalue weighted by Gasteiger charge is 2.13. The molecule has 3 N–H and O–H groups in total. The number of carbonyl (C=O) groups excluding carboxylic acids is 1. The first-order valence-electron chi connectivity index (χ1n) is 6.73. The first-order valence-corrected chi connectivity index (χ1v) is 7.55. The highest BCUT2D eigenvalue weighted by atomic mass is 32.1. The number of carbonyl (C=O) groups is 1. The van der Waals surface area contributed by atoms with Gasteiger partial charge >= 0.3 is 6.03 Å². The summed E-state index contributed by atoms with van der Waals surface area (Å²) in [6.07, 6.45) is 0. The summed E-state index contributed by atoms with van der Waals surface area (Å²) >= 11 is 1.61. The highest BCUT2D eigenvalue weighted by Crippen LogP contribution is 2.16. The van der Waals surface area contributed by atoms with E-state index in [4.69, 9.17) is 0 Å². The lowest BCUT2D eigenvalue weighted by atomic mass is 10.1. The van der Waals surface area contributed by atoms with Crippen LogP contribution in [0.2, 0.25) is 0 Å². The van der Waals surface area contributed by atoms with E-state index in [-0.39, 0.29) is 12.6 Å². The monoisotopic (exact) mass is 305 g/mol. The van der Waals surface area contributed by atoms with Crippen LogP contribution in [0, 0.1) is 13.8 Å². The minimum Gasteiger partial charge on any atom is -0.394 e. The Morgan fingerprint density at radius 3 is 2.62 bits per heavy atom. The van der Waals surface area contributed by atoms with E-state index in [1.165, 1.54) is 0 Å². The molecule has 1 aromatic carbocycles. The van der Waals surface area contributed by atoms with Crippen LogP contribution in [-0.4, -0.2) is 22.7 Å². The van der Waals surface area contributed by atoms with Gasteiger partial charge in [0.05, 0.1) is 29.9 Å². The quantitative estimate of drug-likeness (QED) is 0.793. The van der Waals surface area contributed by atoms with Crippen LogP contribution in [0.15, 0.2) is 30.3 Å². The lowest BCUT2D eigenvalue weighted by molar-refractivity contribution is 0.216. The Labute approximate surface area is 128 Å². The van der Waals surface area contributed by atoms with E-state index in [2.05, 4.69) is 15.6 Å². The third-order valence-corrected chi connectivity index (χ3v) is 4.03. The smallest absolute Gasteiger partial charge is 0.315 e. The summed E-state index contributed by atoms with van der Waals surface area (Å²) < 4.78 is 0. The Balaban J connectivity index is 1.90. The van der Waals surface area contributed by atoms with Crippen LogP contribution in [0.3, 0.4) is 0 Å². The van der Waals surface area contributed by atoms with Crippen LogP contribution in [0.1, 0.15) is 27.2 Å². The Bertz CT molecular complexity index is 598. The largest absolute Gasteiger partial charge is 0.394 e. The maximum atomic E-state index is 11.9. The molecule has 1 atom stereocenters. The normalized spacial score (nSPS) is 12.0. The summed E-state index contributed by atoms with van der Waals surface area (Å²) in [5.74, 6) is 0. The molecule has 1 aromatic heterocycles. The third-order valence-electron chi connectivity index (χ3n) is 3.11. The predicted molar refractivity (Wildman–Crippen MR) is 83.2 cm³/mol. The van der Waals surface area contributed by atoms with Crippen molar-refractivity contribution in [3.63, 3.8) is 0 Å². The molecule has 0 aliphatic heterocycles. The molecule has 0 spiro atoms. The summed E-state index contributed by atoms with van der Waals surface area (Å²) in [7, 11) is 0. The number of nitrogens with one attached hydrogen (secondary N) is 2. The average Bonchev–Trinajstić information content (AvgIpc) is 2.81. The molecule has 0 bridgehead atoms. The third kappa shape index (κ3) is 4.27. The molecule has 21 heavy (non-hydrogen) atoms. The van der Waals surface area contributed by atoms with Crippen molar-refractivity contribution in [1.29, 1.82) is 0 Å². The molecule has 0 unspecified atom stereocenters. The summed E-state index contributed by atoms with van der Waals surface area (Å²) in [6, 6.07) is 8.65. The molecule has 0 fully saturated rings. The average molecular weight is 305 g/mol. The molecule has 0 saturated heterocycles. The van der Waals surface area contributed by atoms with Crippen molar-refractivity contribution in [2.45, 2.75) is 26.4 Å². The fourth-order valence-electron chi connectivity index (χ4n) is 2.03. The van der Waals surface area contributed by atoms with Gasteiger partial charge in [0.25, 0.3) is 0 Å². The number of aliphatic hydroxyl groups excluding tert-OH is 1. The fourth-order valence-corrected chi connectivity index (χ4v) is 2.86. The van der Waals surface area contributed by atoms with Crippen molar-refractivity contribution < 1.29 is 9.90 Å². The van der Waals surface area contributed by atoms with E-state index >= 15 is 0 Å². The van der Waals surface area contributed by atoms with Gasteiger partial charge < -0.3 is 15.7 Å². The molecule has 112 valence electrons. The van der Waals surface area contributed by atoms with Gasteiger partial charge in [-0.05, 0) is 19.4 Å². The Kier molecular flexibility index (Phi) is 5.30. The van der Waals surface area contributed by atoms with Crippen molar-refractivity contribution in [2.75, 3.05) is 6.61 Å². The number of nitrogens with zero attached hydrogens (tertiary/aromatic N) is 1. The van der Waals surface area contributed by atoms with Gasteiger partial charge in [0, 0.05) is 4.88 Å². The molecule has 0 aliphatic carbocycles. The number of amides is 2. The standard InChI is InChI=1S/C15H19N3O2S/c1-10-13(17-11(2)21-10)8-16-15(20)18-14(9-19)12-6-4-3-5-7-12/h3-7,14,19H,8-9H2,1-2H3,(H2,16,18,20)/t14-/m1/s1. The van der Waals surface area contributed by atoms with Crippen molar-refractivity contribution in [2.24, 2.45) is 0 Å². The lowest BCUT2D eigenvalue weighted by Crippen LogP contribution is -2.39. The number of thiazole rings is 1. The summed E-state index contributed by atoms with van der Waals surface area (Å²) in [4.78, 5) is 17.4. The van der Waals surface area contributed by atoms with Gasteiger partial charge in [-0.2, -0.15) is 0 Å². The molecule has 2 rings (SSSR count). The first kappa shape index (κ1) is 15.5. The Hall–Kier alpha value is -1.92. The van der Waals surface area contributed by atoms with E-state index < -0.39 is 6.04 Å². The predicted octanol–water partition coefficient (Wildman–Crippen LogP) is 2.29. The van der Waals surface area contributed by atoms with E-state index in [1.54, 1.807) is 11.3 Å². The molecule has 5 nitrogen and oxygen atoms in total. The Morgan fingerprint density at radius 1 is 1.33 bits per heavy atom. The number of aryl methyl sites for hydroxylation is 2. The number of hydrogen-bond acceptors (Lipinski definition) is 4. The van der Waals surface area contributed by atoms with Gasteiger partial charge in [0.1, 0.15) is 0 Å². The molecule has 6 heteroatoms. The van der Waals surface area contributed by atoms with E-state index in [9.17, 15) is 9.90 Å². The summed E-state index contributed by atoms with van der Waals surface area (Å²) in [5, 5.41) is 15.9.